The molecule has 0 aromatic carbocycles. The molecule has 5 nitrogen and oxygen atoms in total. The zero-order valence-electron chi connectivity index (χ0n) is 5.51. The Hall–Kier alpha value is -1.52. The van der Waals surface area contributed by atoms with E-state index in [4.69, 9.17) is 0 Å². The van der Waals surface area contributed by atoms with Gasteiger partial charge in [0.15, 0.2) is 5.88 Å². The molecule has 0 unspecified atom stereocenters. The molecule has 0 rings (SSSR count). The zero-order chi connectivity index (χ0) is 8.15. The maximum atomic E-state index is 10.2. The number of carbonyl (C=O) groups is 2. The van der Waals surface area contributed by atoms with E-state index in [1.54, 1.807) is 0 Å². The zero-order valence-corrected chi connectivity index (χ0v) is 5.51. The lowest BCUT2D eigenvalue weighted by atomic mass is 10.7. The highest BCUT2D eigenvalue weighted by Crippen LogP contribution is 1.86. The van der Waals surface area contributed by atoms with Crippen LogP contribution in [0.15, 0.2) is 12.5 Å². The second kappa shape index (κ2) is 3.49. The number of nitrogens with two attached hydrogens (primary N) is 1. The van der Waals surface area contributed by atoms with Gasteiger partial charge in [-0.15, -0.1) is 0 Å². The molecule has 3 N–H and O–H groups in total. The van der Waals surface area contributed by atoms with Gasteiger partial charge in [-0.3, -0.25) is 10.1 Å². The van der Waals surface area contributed by atoms with Crippen LogP contribution in [0.2, 0.25) is 0 Å². The standard InChI is InChI=1S/C5H8N2O3/c1-3(7-5(6)9)10-4(2)8/h1H2,2H3,(H3,6,7,9). The molecule has 5 heteroatoms. The monoisotopic (exact) mass is 144 g/mol. The Labute approximate surface area is 57.8 Å². The van der Waals surface area contributed by atoms with Gasteiger partial charge in [0.2, 0.25) is 0 Å². The quantitative estimate of drug-likeness (QED) is 0.412. The van der Waals surface area contributed by atoms with E-state index in [2.05, 4.69) is 17.0 Å². The van der Waals surface area contributed by atoms with Crippen LogP contribution in [0.3, 0.4) is 0 Å². The summed E-state index contributed by atoms with van der Waals surface area (Å²) in [5.74, 6) is -0.723. The van der Waals surface area contributed by atoms with E-state index in [1.807, 2.05) is 5.32 Å². The predicted octanol–water partition coefficient (Wildman–Crippen LogP) is -0.311. The fourth-order valence-electron chi connectivity index (χ4n) is 0.336. The molecule has 0 aromatic heterocycles. The van der Waals surface area contributed by atoms with E-state index in [1.165, 1.54) is 6.92 Å². The van der Waals surface area contributed by atoms with E-state index >= 15 is 0 Å². The molecule has 0 aliphatic rings. The van der Waals surface area contributed by atoms with Crippen LogP contribution >= 0.6 is 0 Å². The maximum absolute atomic E-state index is 10.2. The summed E-state index contributed by atoms with van der Waals surface area (Å²) in [6.07, 6.45) is 0. The number of hydrogen-bond donors (Lipinski definition) is 2. The van der Waals surface area contributed by atoms with Crippen LogP contribution in [0.25, 0.3) is 0 Å². The molecule has 0 aliphatic heterocycles. The number of hydrogen-bond acceptors (Lipinski definition) is 3. The highest BCUT2D eigenvalue weighted by molar-refractivity contribution is 5.74. The Morgan fingerprint density at radius 3 is 2.40 bits per heavy atom. The average molecular weight is 144 g/mol. The van der Waals surface area contributed by atoms with Crippen LogP contribution in [0.5, 0.6) is 0 Å². The molecule has 0 aromatic rings. The lowest BCUT2D eigenvalue weighted by Crippen LogP contribution is -2.29. The summed E-state index contributed by atoms with van der Waals surface area (Å²) >= 11 is 0. The summed E-state index contributed by atoms with van der Waals surface area (Å²) in [4.78, 5) is 20.2. The predicted molar refractivity (Wildman–Crippen MR) is 33.6 cm³/mol. The van der Waals surface area contributed by atoms with Gasteiger partial charge in [-0.2, -0.15) is 0 Å². The maximum Gasteiger partial charge on any atom is 0.318 e. The fourth-order valence-corrected chi connectivity index (χ4v) is 0.336. The molecule has 0 fully saturated rings. The molecule has 0 atom stereocenters. The Kier molecular flexibility index (Phi) is 2.96. The molecule has 0 heterocycles. The van der Waals surface area contributed by atoms with Crippen LogP contribution in [0.1, 0.15) is 6.92 Å². The molecule has 56 valence electrons. The molecule has 0 bridgehead atoms. The SMILES string of the molecule is C=C(NC(N)=O)OC(C)=O. The Morgan fingerprint density at radius 1 is 1.60 bits per heavy atom. The summed E-state index contributed by atoms with van der Waals surface area (Å²) in [6.45, 7) is 4.37. The van der Waals surface area contributed by atoms with Crippen molar-refractivity contribution in [2.75, 3.05) is 0 Å². The highest BCUT2D eigenvalue weighted by atomic mass is 16.5. The van der Waals surface area contributed by atoms with Gasteiger partial charge in [-0.1, -0.05) is 0 Å². The summed E-state index contributed by atoms with van der Waals surface area (Å²) in [6, 6.07) is -0.814. The van der Waals surface area contributed by atoms with E-state index in [0.717, 1.165) is 0 Å². The molecule has 0 aliphatic carbocycles. The van der Waals surface area contributed by atoms with E-state index < -0.39 is 12.0 Å². The molecule has 2 amide bonds. The number of carbonyl (C=O) groups excluding carboxylic acids is 2. The van der Waals surface area contributed by atoms with Gasteiger partial charge < -0.3 is 10.5 Å². The van der Waals surface area contributed by atoms with Crippen molar-refractivity contribution in [3.63, 3.8) is 0 Å². The second-order valence-corrected chi connectivity index (χ2v) is 1.51. The minimum absolute atomic E-state index is 0.167. The number of amides is 2. The lowest BCUT2D eigenvalue weighted by molar-refractivity contribution is -0.137. The minimum Gasteiger partial charge on any atom is -0.410 e. The average Bonchev–Trinajstić information content (AvgIpc) is 1.58. The number of esters is 1. The van der Waals surface area contributed by atoms with Crippen molar-refractivity contribution in [1.29, 1.82) is 0 Å². The van der Waals surface area contributed by atoms with Crippen molar-refractivity contribution in [2.24, 2.45) is 5.73 Å². The number of ether oxygens (including phenoxy) is 1. The van der Waals surface area contributed by atoms with Crippen molar-refractivity contribution in [1.82, 2.24) is 5.32 Å². The Bertz CT molecular complexity index is 158. The van der Waals surface area contributed by atoms with Gasteiger partial charge in [0, 0.05) is 6.92 Å². The first kappa shape index (κ1) is 8.48. The van der Waals surface area contributed by atoms with Gasteiger partial charge >= 0.3 is 12.0 Å². The smallest absolute Gasteiger partial charge is 0.318 e. The Morgan fingerprint density at radius 2 is 2.10 bits per heavy atom. The van der Waals surface area contributed by atoms with Crippen LogP contribution in [-0.2, 0) is 9.53 Å². The van der Waals surface area contributed by atoms with E-state index in [0.29, 0.717) is 0 Å². The largest absolute Gasteiger partial charge is 0.410 e. The third kappa shape index (κ3) is 4.63. The van der Waals surface area contributed by atoms with Crippen molar-refractivity contribution in [3.8, 4) is 0 Å². The van der Waals surface area contributed by atoms with Crippen molar-refractivity contribution >= 4 is 12.0 Å². The molecule has 0 saturated heterocycles. The van der Waals surface area contributed by atoms with Gasteiger partial charge in [0.05, 0.1) is 0 Å². The Balaban J connectivity index is 3.65. The van der Waals surface area contributed by atoms with Crippen LogP contribution in [0.4, 0.5) is 4.79 Å². The third-order valence-corrected chi connectivity index (χ3v) is 0.530. The second-order valence-electron chi connectivity index (χ2n) is 1.51. The van der Waals surface area contributed by atoms with Crippen LogP contribution < -0.4 is 11.1 Å². The van der Waals surface area contributed by atoms with Gasteiger partial charge in [-0.25, -0.2) is 4.79 Å². The summed E-state index contributed by atoms with van der Waals surface area (Å²) in [7, 11) is 0. The first-order valence-electron chi connectivity index (χ1n) is 2.46. The van der Waals surface area contributed by atoms with Crippen molar-refractivity contribution in [3.05, 3.63) is 12.5 Å². The first-order chi connectivity index (χ1) is 4.52. The number of nitrogens with one attached hydrogen (secondary N) is 1. The topological polar surface area (TPSA) is 81.4 Å². The van der Waals surface area contributed by atoms with Crippen LogP contribution in [-0.4, -0.2) is 12.0 Å². The summed E-state index contributed by atoms with van der Waals surface area (Å²) < 4.78 is 4.32. The van der Waals surface area contributed by atoms with Crippen molar-refractivity contribution in [2.45, 2.75) is 6.92 Å². The number of rotatable bonds is 2. The number of primary amides is 1. The van der Waals surface area contributed by atoms with Gasteiger partial charge in [-0.05, 0) is 6.58 Å². The lowest BCUT2D eigenvalue weighted by Gasteiger charge is -2.02. The third-order valence-electron chi connectivity index (χ3n) is 0.530. The molecular formula is C5H8N2O3. The minimum atomic E-state index is -0.814. The fraction of sp³-hybridized carbons (Fsp3) is 0.200. The van der Waals surface area contributed by atoms with E-state index in [9.17, 15) is 9.59 Å². The highest BCUT2D eigenvalue weighted by Gasteiger charge is 1.99. The van der Waals surface area contributed by atoms with Crippen LogP contribution in [0, 0.1) is 0 Å². The van der Waals surface area contributed by atoms with Gasteiger partial charge in [0.25, 0.3) is 0 Å². The molecule has 0 spiro atoms. The first-order valence-corrected chi connectivity index (χ1v) is 2.46. The number of urea groups is 1. The molecule has 0 saturated carbocycles. The summed E-state index contributed by atoms with van der Waals surface area (Å²) in [5.41, 5.74) is 4.67. The molecule has 0 radical (unpaired) electrons. The van der Waals surface area contributed by atoms with Gasteiger partial charge in [0.1, 0.15) is 0 Å². The molecule has 10 heavy (non-hydrogen) atoms. The normalized spacial score (nSPS) is 8.10. The molecular weight excluding hydrogens is 136 g/mol. The van der Waals surface area contributed by atoms with E-state index in [-0.39, 0.29) is 5.88 Å². The summed E-state index contributed by atoms with van der Waals surface area (Å²) in [5, 5.41) is 1.98. The van der Waals surface area contributed by atoms with Crippen molar-refractivity contribution < 1.29 is 14.3 Å².